The molecule has 1 amide bonds. The molecule has 1 aliphatic heterocycles. The van der Waals surface area contributed by atoms with Gasteiger partial charge in [-0.2, -0.15) is 8.78 Å². The molecule has 7 nitrogen and oxygen atoms in total. The Morgan fingerprint density at radius 2 is 1.68 bits per heavy atom. The minimum Gasteiger partial charge on any atom is -0.390 e. The van der Waals surface area contributed by atoms with Gasteiger partial charge in [0, 0.05) is 37.5 Å². The summed E-state index contributed by atoms with van der Waals surface area (Å²) in [5, 5.41) is 10.7. The third-order valence-corrected chi connectivity index (χ3v) is 8.29. The number of halogens is 3. The van der Waals surface area contributed by atoms with Crippen molar-refractivity contribution in [2.45, 2.75) is 48.4 Å². The van der Waals surface area contributed by atoms with Gasteiger partial charge in [-0.15, -0.1) is 0 Å². The quantitative estimate of drug-likeness (QED) is 0.446. The fourth-order valence-electron chi connectivity index (χ4n) is 4.48. The topological polar surface area (TPSA) is 100 Å². The second-order valence-electron chi connectivity index (χ2n) is 9.17. The first-order valence-corrected chi connectivity index (χ1v) is 13.5. The highest BCUT2D eigenvalue weighted by atomic mass is 32.2. The van der Waals surface area contributed by atoms with Gasteiger partial charge >= 0.3 is 6.08 Å². The highest BCUT2D eigenvalue weighted by Gasteiger charge is 2.34. The number of allylic oxidation sites excluding steroid dienone is 1. The summed E-state index contributed by atoms with van der Waals surface area (Å²) in [7, 11) is -3.72. The summed E-state index contributed by atoms with van der Waals surface area (Å²) in [6.07, 6.45) is 0.938. The number of sulfone groups is 1. The SMILES string of the molecule is O=C(c1ccc(CS(=O)(=O)c2cccc3nccnc23)cc1)N1CCC(O)(CCCC(F)=C(F)F)CC1. The molecule has 11 heteroatoms. The summed E-state index contributed by atoms with van der Waals surface area (Å²) >= 11 is 0. The van der Waals surface area contributed by atoms with E-state index in [1.165, 1.54) is 18.5 Å². The number of carbonyl (C=O) groups is 1. The standard InChI is InChI=1S/C26H26F3N3O4S/c27-20(24(28)29)3-2-10-26(34)11-15-32(16-12-26)25(33)19-8-6-18(7-9-19)17-37(35,36)22-5-1-4-21-23(22)31-14-13-30-21/h1,4-9,13-14,34H,2-3,10-12,15-17H2. The first-order valence-electron chi connectivity index (χ1n) is 11.8. The molecule has 0 aliphatic carbocycles. The first kappa shape index (κ1) is 26.7. The molecular formula is C26H26F3N3O4S. The minimum absolute atomic E-state index is 0.0866. The number of benzene rings is 2. The normalized spacial score (nSPS) is 15.5. The summed E-state index contributed by atoms with van der Waals surface area (Å²) in [6.45, 7) is 0.534. The molecule has 1 aliphatic rings. The number of likely N-dealkylation sites (tertiary alicyclic amines) is 1. The zero-order valence-electron chi connectivity index (χ0n) is 19.9. The van der Waals surface area contributed by atoms with Crippen LogP contribution in [0.4, 0.5) is 13.2 Å². The number of carbonyl (C=O) groups excluding carboxylic acids is 1. The molecule has 1 aromatic heterocycles. The zero-order valence-corrected chi connectivity index (χ0v) is 20.7. The van der Waals surface area contributed by atoms with Gasteiger partial charge in [-0.1, -0.05) is 18.2 Å². The number of aliphatic hydroxyl groups is 1. The molecule has 196 valence electrons. The van der Waals surface area contributed by atoms with Gasteiger partial charge in [0.1, 0.15) is 5.52 Å². The lowest BCUT2D eigenvalue weighted by Gasteiger charge is -2.38. The van der Waals surface area contributed by atoms with Crippen LogP contribution in [0.3, 0.4) is 0 Å². The van der Waals surface area contributed by atoms with Crippen molar-refractivity contribution in [3.8, 4) is 0 Å². The zero-order chi connectivity index (χ0) is 26.6. The fraction of sp³-hybridized carbons (Fsp3) is 0.346. The molecule has 1 fully saturated rings. The molecule has 0 atom stereocenters. The number of hydrogen-bond donors (Lipinski definition) is 1. The summed E-state index contributed by atoms with van der Waals surface area (Å²) in [4.78, 5) is 22.9. The average Bonchev–Trinajstić information content (AvgIpc) is 2.88. The van der Waals surface area contributed by atoms with Crippen LogP contribution in [0.15, 0.2) is 71.7 Å². The number of nitrogens with zero attached hydrogens (tertiary/aromatic N) is 3. The van der Waals surface area contributed by atoms with E-state index in [0.717, 1.165) is 0 Å². The average molecular weight is 534 g/mol. The Balaban J connectivity index is 1.36. The van der Waals surface area contributed by atoms with E-state index in [1.807, 2.05) is 0 Å². The Morgan fingerprint density at radius 1 is 1.00 bits per heavy atom. The number of rotatable bonds is 8. The Labute approximate surface area is 212 Å². The van der Waals surface area contributed by atoms with E-state index in [1.54, 1.807) is 41.3 Å². The highest BCUT2D eigenvalue weighted by Crippen LogP contribution is 2.30. The number of para-hydroxylation sites is 1. The Hall–Kier alpha value is -3.31. The summed E-state index contributed by atoms with van der Waals surface area (Å²) in [6, 6.07) is 11.1. The largest absolute Gasteiger partial charge is 0.390 e. The number of aromatic nitrogens is 2. The maximum Gasteiger partial charge on any atom is 0.301 e. The van der Waals surface area contributed by atoms with Crippen LogP contribution >= 0.6 is 0 Å². The number of fused-ring (bicyclic) bond motifs is 1. The van der Waals surface area contributed by atoms with E-state index in [9.17, 15) is 31.5 Å². The van der Waals surface area contributed by atoms with Crippen molar-refractivity contribution in [2.24, 2.45) is 0 Å². The van der Waals surface area contributed by atoms with E-state index in [0.29, 0.717) is 22.2 Å². The Morgan fingerprint density at radius 3 is 2.35 bits per heavy atom. The smallest absolute Gasteiger partial charge is 0.301 e. The number of piperidine rings is 1. The van der Waals surface area contributed by atoms with Crippen LogP contribution in [0.1, 0.15) is 48.0 Å². The van der Waals surface area contributed by atoms with Crippen molar-refractivity contribution in [2.75, 3.05) is 13.1 Å². The second-order valence-corrected chi connectivity index (χ2v) is 11.1. The maximum atomic E-state index is 13.1. The molecule has 0 radical (unpaired) electrons. The monoisotopic (exact) mass is 533 g/mol. The lowest BCUT2D eigenvalue weighted by molar-refractivity contribution is -0.0243. The van der Waals surface area contributed by atoms with Gasteiger partial charge < -0.3 is 10.0 Å². The van der Waals surface area contributed by atoms with Crippen molar-refractivity contribution in [1.82, 2.24) is 14.9 Å². The van der Waals surface area contributed by atoms with E-state index in [2.05, 4.69) is 9.97 Å². The third kappa shape index (κ3) is 6.34. The summed E-state index contributed by atoms with van der Waals surface area (Å²) < 4.78 is 63.5. The molecule has 2 aromatic carbocycles. The molecule has 2 heterocycles. The van der Waals surface area contributed by atoms with Gasteiger partial charge in [0.05, 0.1) is 21.8 Å². The van der Waals surface area contributed by atoms with E-state index in [4.69, 9.17) is 0 Å². The van der Waals surface area contributed by atoms with Crippen LogP contribution in [0, 0.1) is 0 Å². The van der Waals surface area contributed by atoms with Crippen molar-refractivity contribution in [1.29, 1.82) is 0 Å². The van der Waals surface area contributed by atoms with Crippen molar-refractivity contribution in [3.63, 3.8) is 0 Å². The Kier molecular flexibility index (Phi) is 7.93. The number of hydrogen-bond acceptors (Lipinski definition) is 6. The lowest BCUT2D eigenvalue weighted by atomic mass is 9.86. The van der Waals surface area contributed by atoms with E-state index in [-0.39, 0.29) is 55.3 Å². The van der Waals surface area contributed by atoms with Crippen LogP contribution in [-0.2, 0) is 15.6 Å². The predicted octanol–water partition coefficient (Wildman–Crippen LogP) is 4.82. The van der Waals surface area contributed by atoms with Crippen LogP contribution in [-0.4, -0.2) is 53.0 Å². The molecule has 3 aromatic rings. The van der Waals surface area contributed by atoms with Gasteiger partial charge in [-0.25, -0.2) is 12.8 Å². The molecule has 0 unspecified atom stereocenters. The maximum absolute atomic E-state index is 13.1. The lowest BCUT2D eigenvalue weighted by Crippen LogP contribution is -2.46. The van der Waals surface area contributed by atoms with Gasteiger partial charge in [0.25, 0.3) is 5.91 Å². The van der Waals surface area contributed by atoms with Crippen molar-refractivity contribution in [3.05, 3.63) is 77.9 Å². The van der Waals surface area contributed by atoms with Crippen LogP contribution in [0.25, 0.3) is 11.0 Å². The molecule has 4 rings (SSSR count). The predicted molar refractivity (Wildman–Crippen MR) is 131 cm³/mol. The van der Waals surface area contributed by atoms with Gasteiger partial charge in [-0.05, 0) is 55.5 Å². The third-order valence-electron chi connectivity index (χ3n) is 6.58. The van der Waals surface area contributed by atoms with Crippen molar-refractivity contribution < 1.29 is 31.5 Å². The second kappa shape index (κ2) is 11.0. The molecule has 1 N–H and O–H groups in total. The van der Waals surface area contributed by atoms with E-state index < -0.39 is 33.8 Å². The molecule has 0 spiro atoms. The van der Waals surface area contributed by atoms with Crippen LogP contribution in [0.2, 0.25) is 0 Å². The van der Waals surface area contributed by atoms with Gasteiger partial charge in [0.2, 0.25) is 0 Å². The van der Waals surface area contributed by atoms with Gasteiger partial charge in [-0.3, -0.25) is 14.8 Å². The van der Waals surface area contributed by atoms with Crippen molar-refractivity contribution >= 4 is 26.8 Å². The number of amides is 1. The van der Waals surface area contributed by atoms with Crippen LogP contribution < -0.4 is 0 Å². The Bertz CT molecular complexity index is 1410. The summed E-state index contributed by atoms with van der Waals surface area (Å²) in [5.74, 6) is -1.98. The first-order chi connectivity index (χ1) is 17.6. The van der Waals surface area contributed by atoms with Gasteiger partial charge in [0.15, 0.2) is 15.7 Å². The summed E-state index contributed by atoms with van der Waals surface area (Å²) in [5.41, 5.74) is 0.548. The fourth-order valence-corrected chi connectivity index (χ4v) is 6.01. The van der Waals surface area contributed by atoms with Crippen LogP contribution in [0.5, 0.6) is 0 Å². The molecule has 1 saturated heterocycles. The highest BCUT2D eigenvalue weighted by molar-refractivity contribution is 7.90. The van der Waals surface area contributed by atoms with E-state index >= 15 is 0 Å². The minimum atomic E-state index is -3.72. The molecule has 37 heavy (non-hydrogen) atoms. The molecule has 0 bridgehead atoms. The molecule has 0 saturated carbocycles. The molecular weight excluding hydrogens is 507 g/mol.